The van der Waals surface area contributed by atoms with Crippen LogP contribution in [0.2, 0.25) is 0 Å². The van der Waals surface area contributed by atoms with E-state index in [1.54, 1.807) is 11.0 Å². The highest BCUT2D eigenvalue weighted by Gasteiger charge is 2.28. The van der Waals surface area contributed by atoms with Crippen LogP contribution in [0.5, 0.6) is 0 Å². The van der Waals surface area contributed by atoms with Crippen LogP contribution in [-0.2, 0) is 4.74 Å². The molecule has 1 aliphatic heterocycles. The molecule has 2 rings (SSSR count). The Morgan fingerprint density at radius 3 is 2.39 bits per heavy atom. The van der Waals surface area contributed by atoms with Gasteiger partial charge in [-0.15, -0.1) is 0 Å². The molecule has 1 heterocycles. The van der Waals surface area contributed by atoms with E-state index in [0.717, 1.165) is 11.6 Å². The van der Waals surface area contributed by atoms with Crippen molar-refractivity contribution in [1.29, 1.82) is 0 Å². The van der Waals surface area contributed by atoms with Gasteiger partial charge in [0.05, 0.1) is 0 Å². The predicted octanol–water partition coefficient (Wildman–Crippen LogP) is 1.62. The van der Waals surface area contributed by atoms with Crippen molar-refractivity contribution >= 4 is 18.7 Å². The summed E-state index contributed by atoms with van der Waals surface area (Å²) in [4.78, 5) is 13.7. The molecule has 0 unspecified atom stereocenters. The number of likely N-dealkylation sites (tertiary alicyclic amines) is 1. The van der Waals surface area contributed by atoms with Gasteiger partial charge in [-0.3, -0.25) is 0 Å². The topological polar surface area (TPSA) is 70.0 Å². The third-order valence-corrected chi connectivity index (χ3v) is 3.86. The van der Waals surface area contributed by atoms with Crippen LogP contribution in [0.3, 0.4) is 0 Å². The summed E-state index contributed by atoms with van der Waals surface area (Å²) in [7, 11) is -1.69. The van der Waals surface area contributed by atoms with Crippen LogP contribution in [-0.4, -0.2) is 46.9 Å². The second kappa shape index (κ2) is 6.89. The molecule has 2 N–H and O–H groups in total. The predicted molar refractivity (Wildman–Crippen MR) is 86.0 cm³/mol. The Labute approximate surface area is 136 Å². The molecule has 23 heavy (non-hydrogen) atoms. The average molecular weight is 323 g/mol. The molecule has 126 valence electrons. The van der Waals surface area contributed by atoms with Crippen molar-refractivity contribution < 1.29 is 24.0 Å². The van der Waals surface area contributed by atoms with E-state index in [9.17, 15) is 19.2 Å². The maximum atomic E-state index is 13.6. The molecule has 0 aromatic heterocycles. The molecular formula is C16H23BFNO4. The zero-order chi connectivity index (χ0) is 17.2. The molecule has 0 saturated carbocycles. The highest BCUT2D eigenvalue weighted by molar-refractivity contribution is 6.58. The summed E-state index contributed by atoms with van der Waals surface area (Å²) >= 11 is 0. The molecule has 5 nitrogen and oxygen atoms in total. The van der Waals surface area contributed by atoms with Crippen LogP contribution >= 0.6 is 0 Å². The van der Waals surface area contributed by atoms with Crippen LogP contribution in [0, 0.1) is 5.82 Å². The quantitative estimate of drug-likeness (QED) is 0.812. The maximum Gasteiger partial charge on any atom is 0.488 e. The molecule has 0 radical (unpaired) electrons. The summed E-state index contributed by atoms with van der Waals surface area (Å²) in [5.74, 6) is -0.401. The monoisotopic (exact) mass is 323 g/mol. The number of hydrogen-bond acceptors (Lipinski definition) is 4. The molecule has 1 aromatic carbocycles. The molecule has 0 aliphatic carbocycles. The highest BCUT2D eigenvalue weighted by Crippen LogP contribution is 2.28. The normalized spacial score (nSPS) is 16.3. The first-order valence-electron chi connectivity index (χ1n) is 7.80. The summed E-state index contributed by atoms with van der Waals surface area (Å²) in [6.07, 6.45) is 1.04. The van der Waals surface area contributed by atoms with Crippen LogP contribution in [0.25, 0.3) is 0 Å². The third kappa shape index (κ3) is 4.94. The number of ether oxygens (including phenoxy) is 1. The molecule has 1 aliphatic rings. The minimum atomic E-state index is -1.69. The summed E-state index contributed by atoms with van der Waals surface area (Å²) in [5, 5.41) is 18.4. The van der Waals surface area contributed by atoms with Crippen LogP contribution in [0.1, 0.15) is 45.1 Å². The third-order valence-electron chi connectivity index (χ3n) is 3.86. The number of halogens is 1. The van der Waals surface area contributed by atoms with Gasteiger partial charge >= 0.3 is 13.2 Å². The van der Waals surface area contributed by atoms with E-state index in [0.29, 0.717) is 25.9 Å². The van der Waals surface area contributed by atoms with Gasteiger partial charge < -0.3 is 19.7 Å². The molecule has 1 saturated heterocycles. The SMILES string of the molecule is CC(C)(C)OC(=O)N1CCC(c2cc(F)cc(B(O)O)c2)CC1. The van der Waals surface area contributed by atoms with Crippen molar-refractivity contribution in [2.45, 2.75) is 45.1 Å². The summed E-state index contributed by atoms with van der Waals surface area (Å²) < 4.78 is 19.0. The first kappa shape index (κ1) is 17.8. The molecule has 0 atom stereocenters. The molecule has 1 fully saturated rings. The lowest BCUT2D eigenvalue weighted by Gasteiger charge is -2.33. The summed E-state index contributed by atoms with van der Waals surface area (Å²) in [6, 6.07) is 4.14. The first-order valence-corrected chi connectivity index (χ1v) is 7.80. The fourth-order valence-electron chi connectivity index (χ4n) is 2.74. The van der Waals surface area contributed by atoms with Crippen molar-refractivity contribution in [2.24, 2.45) is 0 Å². The first-order chi connectivity index (χ1) is 10.7. The molecular weight excluding hydrogens is 300 g/mol. The van der Waals surface area contributed by atoms with E-state index in [2.05, 4.69) is 0 Å². The number of nitrogens with zero attached hydrogens (tertiary/aromatic N) is 1. The van der Waals surface area contributed by atoms with Crippen molar-refractivity contribution in [3.63, 3.8) is 0 Å². The van der Waals surface area contributed by atoms with E-state index in [1.807, 2.05) is 20.8 Å². The van der Waals surface area contributed by atoms with Crippen LogP contribution < -0.4 is 5.46 Å². The van der Waals surface area contributed by atoms with E-state index in [-0.39, 0.29) is 17.5 Å². The number of hydrogen-bond donors (Lipinski definition) is 2. The van der Waals surface area contributed by atoms with Gasteiger partial charge in [0.1, 0.15) is 11.4 Å². The Kier molecular flexibility index (Phi) is 5.32. The van der Waals surface area contributed by atoms with Crippen molar-refractivity contribution in [2.75, 3.05) is 13.1 Å². The van der Waals surface area contributed by atoms with Gasteiger partial charge in [-0.05, 0) is 62.7 Å². The summed E-state index contributed by atoms with van der Waals surface area (Å²) in [6.45, 7) is 6.55. The molecule has 1 aromatic rings. The Morgan fingerprint density at radius 2 is 1.87 bits per heavy atom. The number of benzene rings is 1. The zero-order valence-electron chi connectivity index (χ0n) is 13.8. The zero-order valence-corrected chi connectivity index (χ0v) is 13.8. The number of rotatable bonds is 2. The lowest BCUT2D eigenvalue weighted by atomic mass is 9.77. The minimum absolute atomic E-state index is 0.0851. The number of amides is 1. The Morgan fingerprint density at radius 1 is 1.26 bits per heavy atom. The van der Waals surface area contributed by atoms with Gasteiger partial charge in [-0.2, -0.15) is 0 Å². The van der Waals surface area contributed by atoms with Crippen molar-refractivity contribution in [3.05, 3.63) is 29.6 Å². The van der Waals surface area contributed by atoms with E-state index in [4.69, 9.17) is 4.74 Å². The smallest absolute Gasteiger partial charge is 0.444 e. The molecule has 1 amide bonds. The van der Waals surface area contributed by atoms with Crippen LogP contribution in [0.4, 0.5) is 9.18 Å². The van der Waals surface area contributed by atoms with Gasteiger partial charge in [0.2, 0.25) is 0 Å². The van der Waals surface area contributed by atoms with Crippen molar-refractivity contribution in [3.8, 4) is 0 Å². The lowest BCUT2D eigenvalue weighted by molar-refractivity contribution is 0.0205. The molecule has 0 bridgehead atoms. The largest absolute Gasteiger partial charge is 0.488 e. The number of piperidine rings is 1. The molecule has 7 heteroatoms. The Bertz CT molecular complexity index is 566. The van der Waals surface area contributed by atoms with Crippen molar-refractivity contribution in [1.82, 2.24) is 4.90 Å². The lowest BCUT2D eigenvalue weighted by Crippen LogP contribution is -2.41. The van der Waals surface area contributed by atoms with E-state index >= 15 is 0 Å². The van der Waals surface area contributed by atoms with Gasteiger partial charge in [0.25, 0.3) is 0 Å². The average Bonchev–Trinajstić information content (AvgIpc) is 2.45. The highest BCUT2D eigenvalue weighted by atomic mass is 19.1. The fourth-order valence-corrected chi connectivity index (χ4v) is 2.74. The number of carbonyl (C=O) groups excluding carboxylic acids is 1. The van der Waals surface area contributed by atoms with E-state index in [1.165, 1.54) is 6.07 Å². The standard InChI is InChI=1S/C16H23BFNO4/c1-16(2,3)23-15(20)19-6-4-11(5-7-19)12-8-13(17(21)22)10-14(18)9-12/h8-11,21-22H,4-7H2,1-3H3. The fraction of sp³-hybridized carbons (Fsp3) is 0.562. The van der Waals surface area contributed by atoms with Gasteiger partial charge in [-0.25, -0.2) is 9.18 Å². The molecule has 0 spiro atoms. The Balaban J connectivity index is 2.01. The van der Waals surface area contributed by atoms with Gasteiger partial charge in [0, 0.05) is 13.1 Å². The van der Waals surface area contributed by atoms with E-state index < -0.39 is 18.5 Å². The second-order valence-corrected chi connectivity index (χ2v) is 6.93. The summed E-state index contributed by atoms with van der Waals surface area (Å²) in [5.41, 5.74) is 0.356. The Hall–Kier alpha value is -1.60. The maximum absolute atomic E-state index is 13.6. The second-order valence-electron chi connectivity index (χ2n) is 6.93. The minimum Gasteiger partial charge on any atom is -0.444 e. The van der Waals surface area contributed by atoms with Crippen LogP contribution in [0.15, 0.2) is 18.2 Å². The van der Waals surface area contributed by atoms with Gasteiger partial charge in [0.15, 0.2) is 0 Å². The number of carbonyl (C=O) groups is 1. The van der Waals surface area contributed by atoms with Gasteiger partial charge in [-0.1, -0.05) is 6.07 Å².